The van der Waals surface area contributed by atoms with Crippen molar-refractivity contribution in [3.63, 3.8) is 0 Å². The van der Waals surface area contributed by atoms with E-state index >= 15 is 0 Å². The second kappa shape index (κ2) is 24.9. The zero-order chi connectivity index (χ0) is 32.6. The molecule has 1 saturated heterocycles. The van der Waals surface area contributed by atoms with E-state index in [1.807, 2.05) is 7.05 Å². The number of ether oxygens (including phenoxy) is 1. The fourth-order valence-electron chi connectivity index (χ4n) is 5.27. The molecule has 4 rings (SSSR count). The number of aryl methyl sites for hydroxylation is 1. The van der Waals surface area contributed by atoms with Crippen LogP contribution in [0.5, 0.6) is 0 Å². The Kier molecular flexibility index (Phi) is 22.4. The molecule has 2 amide bonds. The molecule has 0 bridgehead atoms. The van der Waals surface area contributed by atoms with Crippen LogP contribution in [-0.4, -0.2) is 81.0 Å². The monoisotopic (exact) mass is 633 g/mol. The van der Waals surface area contributed by atoms with Crippen LogP contribution in [0.2, 0.25) is 0 Å². The van der Waals surface area contributed by atoms with Crippen molar-refractivity contribution in [3.05, 3.63) is 28.8 Å². The Labute approximate surface area is 270 Å². The molecule has 2 heterocycles. The first-order valence-electron chi connectivity index (χ1n) is 16.6. The molecular weight excluding hydrogens is 574 g/mol. The van der Waals surface area contributed by atoms with Crippen LogP contribution in [0.15, 0.2) is 18.2 Å². The minimum Gasteiger partial charge on any atom is -0.379 e. The van der Waals surface area contributed by atoms with Crippen LogP contribution in [0.4, 0.5) is 0 Å². The van der Waals surface area contributed by atoms with E-state index in [-0.39, 0.29) is 18.4 Å². The minimum absolute atomic E-state index is 0.156. The summed E-state index contributed by atoms with van der Waals surface area (Å²) in [6.07, 6.45) is 11.8. The van der Waals surface area contributed by atoms with Crippen LogP contribution in [0.1, 0.15) is 102 Å². The van der Waals surface area contributed by atoms with Gasteiger partial charge in [-0.25, -0.2) is 4.98 Å². The maximum atomic E-state index is 12.5. The molecule has 0 radical (unpaired) electrons. The second-order valence-electron chi connectivity index (χ2n) is 11.7. The normalized spacial score (nSPS) is 16.0. The molecule has 1 aromatic heterocycles. The first-order valence-corrected chi connectivity index (χ1v) is 17.4. The molecule has 9 nitrogen and oxygen atoms in total. The smallest absolute Gasteiger partial charge is 0.220 e. The molecule has 250 valence electrons. The predicted molar refractivity (Wildman–Crippen MR) is 183 cm³/mol. The van der Waals surface area contributed by atoms with Gasteiger partial charge >= 0.3 is 0 Å². The largest absolute Gasteiger partial charge is 0.379 e. The molecule has 1 aromatic carbocycles. The van der Waals surface area contributed by atoms with E-state index in [0.29, 0.717) is 24.7 Å². The first-order chi connectivity index (χ1) is 21.3. The molecular formula is C34H59N5O4S. The highest BCUT2D eigenvalue weighted by Gasteiger charge is 2.24. The summed E-state index contributed by atoms with van der Waals surface area (Å²) in [4.78, 5) is 38.2. The molecule has 1 unspecified atom stereocenters. The third kappa shape index (κ3) is 16.6. The van der Waals surface area contributed by atoms with Gasteiger partial charge in [0, 0.05) is 44.9 Å². The Morgan fingerprint density at radius 2 is 1.82 bits per heavy atom. The highest BCUT2D eigenvalue weighted by Crippen LogP contribution is 2.28. The van der Waals surface area contributed by atoms with Gasteiger partial charge in [0.2, 0.25) is 12.3 Å². The molecule has 1 aliphatic carbocycles. The van der Waals surface area contributed by atoms with Gasteiger partial charge in [0.25, 0.3) is 0 Å². The van der Waals surface area contributed by atoms with Gasteiger partial charge in [-0.2, -0.15) is 0 Å². The van der Waals surface area contributed by atoms with Crippen LogP contribution >= 0.6 is 11.3 Å². The molecule has 2 aliphatic rings. The zero-order valence-electron chi connectivity index (χ0n) is 27.9. The summed E-state index contributed by atoms with van der Waals surface area (Å²) < 4.78 is 6.42. The topological polar surface area (TPSA) is 127 Å². The number of morpholine rings is 1. The number of carbonyl (C=O) groups is 3. The van der Waals surface area contributed by atoms with E-state index in [9.17, 15) is 9.59 Å². The number of unbranched alkanes of at least 4 members (excludes halogenated alkanes) is 1. The van der Waals surface area contributed by atoms with Crippen LogP contribution in [-0.2, 0) is 25.5 Å². The SMILES string of the molecule is CCC.CNCC(NC(=O)CCc1nc2ccc(C(C)C)cc2s1)C1CCCCC1.NC=O.O=CCCCN1CCOCC1. The molecule has 1 saturated carbocycles. The molecule has 44 heavy (non-hydrogen) atoms. The highest BCUT2D eigenvalue weighted by molar-refractivity contribution is 7.18. The van der Waals surface area contributed by atoms with Gasteiger partial charge in [0.1, 0.15) is 6.29 Å². The van der Waals surface area contributed by atoms with E-state index in [4.69, 9.17) is 14.5 Å². The molecule has 2 fully saturated rings. The molecule has 2 aromatic rings. The fourth-order valence-corrected chi connectivity index (χ4v) is 6.28. The summed E-state index contributed by atoms with van der Waals surface area (Å²) in [7, 11) is 1.97. The summed E-state index contributed by atoms with van der Waals surface area (Å²) in [5, 5.41) is 7.60. The van der Waals surface area contributed by atoms with Crippen molar-refractivity contribution in [2.24, 2.45) is 11.7 Å². The Hall–Kier alpha value is -2.40. The number of benzene rings is 1. The Bertz CT molecular complexity index is 1040. The number of hydrogen-bond donors (Lipinski definition) is 3. The average Bonchev–Trinajstić information content (AvgIpc) is 3.44. The Balaban J connectivity index is 0.000000470. The Morgan fingerprint density at radius 3 is 2.41 bits per heavy atom. The molecule has 10 heteroatoms. The van der Waals surface area contributed by atoms with Crippen molar-refractivity contribution in [1.29, 1.82) is 0 Å². The summed E-state index contributed by atoms with van der Waals surface area (Å²) in [6, 6.07) is 6.77. The lowest BCUT2D eigenvalue weighted by Crippen LogP contribution is -2.46. The minimum atomic E-state index is 0.156. The zero-order valence-corrected chi connectivity index (χ0v) is 28.8. The lowest BCUT2D eigenvalue weighted by atomic mass is 9.83. The van der Waals surface area contributed by atoms with E-state index in [1.165, 1.54) is 48.8 Å². The second-order valence-corrected chi connectivity index (χ2v) is 12.8. The third-order valence-corrected chi connectivity index (χ3v) is 8.66. The van der Waals surface area contributed by atoms with E-state index in [2.05, 4.69) is 67.2 Å². The number of primary amides is 1. The van der Waals surface area contributed by atoms with Crippen molar-refractivity contribution in [1.82, 2.24) is 20.5 Å². The number of nitrogens with two attached hydrogens (primary N) is 1. The first kappa shape index (κ1) is 39.6. The molecule has 0 spiro atoms. The van der Waals surface area contributed by atoms with Gasteiger partial charge < -0.3 is 25.9 Å². The number of aldehydes is 1. The van der Waals surface area contributed by atoms with Crippen LogP contribution in [0.25, 0.3) is 10.2 Å². The molecule has 4 N–H and O–H groups in total. The van der Waals surface area contributed by atoms with Gasteiger partial charge in [0.15, 0.2) is 0 Å². The number of aromatic nitrogens is 1. The maximum Gasteiger partial charge on any atom is 0.220 e. The van der Waals surface area contributed by atoms with Crippen molar-refractivity contribution in [2.75, 3.05) is 46.4 Å². The number of thiazole rings is 1. The number of carbonyl (C=O) groups excluding carboxylic acids is 3. The van der Waals surface area contributed by atoms with Crippen molar-refractivity contribution < 1.29 is 19.1 Å². The van der Waals surface area contributed by atoms with Gasteiger partial charge in [-0.15, -0.1) is 11.3 Å². The predicted octanol–water partition coefficient (Wildman–Crippen LogP) is 5.45. The van der Waals surface area contributed by atoms with Crippen LogP contribution in [0, 0.1) is 5.92 Å². The number of rotatable bonds is 12. The van der Waals surface area contributed by atoms with Crippen molar-refractivity contribution in [2.45, 2.75) is 104 Å². The Morgan fingerprint density at radius 1 is 1.16 bits per heavy atom. The number of nitrogens with zero attached hydrogens (tertiary/aromatic N) is 2. The van der Waals surface area contributed by atoms with Gasteiger partial charge in [0.05, 0.1) is 28.4 Å². The number of nitrogens with one attached hydrogen (secondary N) is 2. The van der Waals surface area contributed by atoms with Gasteiger partial charge in [-0.1, -0.05) is 59.4 Å². The summed E-state index contributed by atoms with van der Waals surface area (Å²) in [5.74, 6) is 1.30. The summed E-state index contributed by atoms with van der Waals surface area (Å²) in [6.45, 7) is 14.3. The standard InChI is InChI=1S/C22H33N3OS.C8H15NO2.C3H8.CH3NO/c1-15(2)17-9-10-18-20(13-17)27-22(25-18)12-11-21(26)24-19(14-23-3)16-7-5-4-6-8-16;10-6-2-1-3-9-4-7-11-8-5-9;1-3-2;2-1-3/h9-10,13,15-16,19,23H,4-8,11-12,14H2,1-3H3,(H,24,26);6H,1-5,7-8H2;3H2,1-2H3;1H,(H2,2,3). The van der Waals surface area contributed by atoms with Crippen molar-refractivity contribution >= 4 is 40.2 Å². The third-order valence-electron chi connectivity index (χ3n) is 7.58. The number of likely N-dealkylation sites (N-methyl/N-ethyl adjacent to an activating group) is 1. The van der Waals surface area contributed by atoms with Gasteiger partial charge in [-0.3, -0.25) is 14.5 Å². The lowest BCUT2D eigenvalue weighted by Gasteiger charge is -2.31. The van der Waals surface area contributed by atoms with E-state index in [1.54, 1.807) is 11.3 Å². The summed E-state index contributed by atoms with van der Waals surface area (Å²) in [5.41, 5.74) is 6.56. The van der Waals surface area contributed by atoms with Crippen LogP contribution < -0.4 is 16.4 Å². The fraction of sp³-hybridized carbons (Fsp3) is 0.706. The number of amides is 2. The number of fused-ring (bicyclic) bond motifs is 1. The summed E-state index contributed by atoms with van der Waals surface area (Å²) >= 11 is 1.72. The quantitative estimate of drug-likeness (QED) is 0.210. The van der Waals surface area contributed by atoms with E-state index in [0.717, 1.165) is 69.0 Å². The van der Waals surface area contributed by atoms with Gasteiger partial charge in [-0.05, 0) is 62.4 Å². The van der Waals surface area contributed by atoms with E-state index < -0.39 is 0 Å². The van der Waals surface area contributed by atoms with Crippen LogP contribution in [0.3, 0.4) is 0 Å². The lowest BCUT2D eigenvalue weighted by molar-refractivity contribution is -0.122. The maximum absolute atomic E-state index is 12.5. The number of hydrogen-bond acceptors (Lipinski definition) is 8. The molecule has 1 aliphatic heterocycles. The average molecular weight is 634 g/mol. The molecule has 1 atom stereocenters. The van der Waals surface area contributed by atoms with Crippen molar-refractivity contribution in [3.8, 4) is 0 Å². The highest BCUT2D eigenvalue weighted by atomic mass is 32.1.